The molecule has 0 saturated heterocycles. The van der Waals surface area contributed by atoms with Crippen LogP contribution >= 0.6 is 39.5 Å². The lowest BCUT2D eigenvalue weighted by molar-refractivity contribution is 0.697. The van der Waals surface area contributed by atoms with E-state index in [0.717, 1.165) is 28.1 Å². The number of aryl methyl sites for hydroxylation is 1. The molecule has 3 rings (SSSR count). The lowest BCUT2D eigenvalue weighted by Crippen LogP contribution is -2.03. The minimum absolute atomic E-state index is 0.646. The third-order valence-electron chi connectivity index (χ3n) is 2.91. The van der Waals surface area contributed by atoms with Gasteiger partial charge in [0, 0.05) is 29.4 Å². The van der Waals surface area contributed by atoms with Gasteiger partial charge in [-0.3, -0.25) is 14.6 Å². The van der Waals surface area contributed by atoms with Crippen LogP contribution in [0.25, 0.3) is 11.4 Å². The smallest absolute Gasteiger partial charge is 0.195 e. The van der Waals surface area contributed by atoms with Crippen LogP contribution in [0.15, 0.2) is 40.4 Å². The molecule has 0 aromatic carbocycles. The van der Waals surface area contributed by atoms with E-state index in [1.807, 2.05) is 16.7 Å². The van der Waals surface area contributed by atoms with Gasteiger partial charge in [-0.2, -0.15) is 5.10 Å². The van der Waals surface area contributed by atoms with Gasteiger partial charge in [0.1, 0.15) is 0 Å². The number of aromatic nitrogens is 4. The summed E-state index contributed by atoms with van der Waals surface area (Å²) < 4.78 is 3.82. The summed E-state index contributed by atoms with van der Waals surface area (Å²) in [5, 5.41) is 7.18. The van der Waals surface area contributed by atoms with Gasteiger partial charge in [0.25, 0.3) is 0 Å². The van der Waals surface area contributed by atoms with E-state index in [2.05, 4.69) is 43.2 Å². The van der Waals surface area contributed by atoms with Crippen LogP contribution in [0.1, 0.15) is 4.88 Å². The fourth-order valence-electron chi connectivity index (χ4n) is 1.95. The maximum Gasteiger partial charge on any atom is 0.195 e. The minimum Gasteiger partial charge on any atom is -0.300 e. The molecule has 0 unspecified atom stereocenters. The molecular weight excluding hydrogens is 356 g/mol. The lowest BCUT2D eigenvalue weighted by Gasteiger charge is -2.05. The van der Waals surface area contributed by atoms with Crippen LogP contribution in [0.2, 0.25) is 0 Å². The Balaban J connectivity index is 1.86. The molecule has 4 nitrogen and oxygen atoms in total. The second-order valence-corrected chi connectivity index (χ2v) is 7.13. The second-order valence-electron chi connectivity index (χ2n) is 4.20. The van der Waals surface area contributed by atoms with Crippen molar-refractivity contribution in [2.24, 2.45) is 0 Å². The van der Waals surface area contributed by atoms with E-state index in [1.54, 1.807) is 23.7 Å². The van der Waals surface area contributed by atoms with Crippen LogP contribution in [0.5, 0.6) is 0 Å². The van der Waals surface area contributed by atoms with Crippen LogP contribution in [0.3, 0.4) is 0 Å². The predicted octanol–water partition coefficient (Wildman–Crippen LogP) is 4.07. The molecule has 0 bridgehead atoms. The number of rotatable bonds is 4. The number of halogens is 1. The first kappa shape index (κ1) is 13.7. The van der Waals surface area contributed by atoms with E-state index >= 15 is 0 Å². The maximum absolute atomic E-state index is 5.32. The van der Waals surface area contributed by atoms with Gasteiger partial charge >= 0.3 is 0 Å². The van der Waals surface area contributed by atoms with Crippen molar-refractivity contribution in [3.63, 3.8) is 0 Å². The Morgan fingerprint density at radius 2 is 2.05 bits per heavy atom. The first-order valence-electron chi connectivity index (χ1n) is 6.04. The van der Waals surface area contributed by atoms with Crippen molar-refractivity contribution >= 4 is 39.5 Å². The van der Waals surface area contributed by atoms with E-state index in [1.165, 1.54) is 4.88 Å². The van der Waals surface area contributed by atoms with Gasteiger partial charge in [-0.25, -0.2) is 0 Å². The van der Waals surface area contributed by atoms with Crippen molar-refractivity contribution in [1.82, 2.24) is 19.7 Å². The van der Waals surface area contributed by atoms with Gasteiger partial charge in [-0.1, -0.05) is 0 Å². The van der Waals surface area contributed by atoms with Gasteiger partial charge in [0.2, 0.25) is 0 Å². The van der Waals surface area contributed by atoms with Gasteiger partial charge in [-0.15, -0.1) is 11.3 Å². The third-order valence-corrected chi connectivity index (χ3v) is 4.90. The highest BCUT2D eigenvalue weighted by atomic mass is 79.9. The molecule has 3 aromatic heterocycles. The average molecular weight is 367 g/mol. The molecule has 0 radical (unpaired) electrons. The number of thiophene rings is 1. The largest absolute Gasteiger partial charge is 0.300 e. The lowest BCUT2D eigenvalue weighted by atomic mass is 10.2. The van der Waals surface area contributed by atoms with Gasteiger partial charge in [0.15, 0.2) is 10.6 Å². The topological polar surface area (TPSA) is 46.5 Å². The number of aromatic amines is 1. The van der Waals surface area contributed by atoms with Crippen molar-refractivity contribution < 1.29 is 0 Å². The summed E-state index contributed by atoms with van der Waals surface area (Å²) in [6.45, 7) is 0.805. The van der Waals surface area contributed by atoms with Crippen molar-refractivity contribution in [2.45, 2.75) is 13.0 Å². The van der Waals surface area contributed by atoms with Gasteiger partial charge in [0.05, 0.1) is 3.79 Å². The van der Waals surface area contributed by atoms with E-state index < -0.39 is 0 Å². The molecule has 7 heteroatoms. The number of hydrogen-bond donors (Lipinski definition) is 1. The SMILES string of the molecule is S=c1[nH]nc(-c2ccncc2)n1CCc1ccc(Br)s1. The molecule has 0 atom stereocenters. The standard InChI is InChI=1S/C13H11BrN4S2/c14-11-2-1-10(20-11)5-8-18-12(16-17-13(18)19)9-3-6-15-7-4-9/h1-4,6-7H,5,8H2,(H,17,19). The Hall–Kier alpha value is -1.31. The van der Waals surface area contributed by atoms with E-state index in [0.29, 0.717) is 4.77 Å². The molecule has 0 spiro atoms. The molecule has 3 heterocycles. The highest BCUT2D eigenvalue weighted by Crippen LogP contribution is 2.23. The summed E-state index contributed by atoms with van der Waals surface area (Å²) >= 11 is 10.5. The number of hydrogen-bond acceptors (Lipinski definition) is 4. The molecule has 3 aromatic rings. The molecule has 102 valence electrons. The van der Waals surface area contributed by atoms with Crippen LogP contribution in [-0.2, 0) is 13.0 Å². The molecule has 0 aliphatic rings. The molecule has 0 saturated carbocycles. The van der Waals surface area contributed by atoms with Crippen LogP contribution in [-0.4, -0.2) is 19.7 Å². The zero-order chi connectivity index (χ0) is 13.9. The second kappa shape index (κ2) is 5.99. The Bertz CT molecular complexity index is 760. The minimum atomic E-state index is 0.646. The Kier molecular flexibility index (Phi) is 4.09. The van der Waals surface area contributed by atoms with E-state index in [9.17, 15) is 0 Å². The zero-order valence-corrected chi connectivity index (χ0v) is 13.6. The van der Waals surface area contributed by atoms with Gasteiger partial charge in [-0.05, 0) is 58.8 Å². The summed E-state index contributed by atoms with van der Waals surface area (Å²) in [5.74, 6) is 0.855. The number of nitrogens with one attached hydrogen (secondary N) is 1. The number of H-pyrrole nitrogens is 1. The van der Waals surface area contributed by atoms with Crippen molar-refractivity contribution in [1.29, 1.82) is 0 Å². The molecule has 1 N–H and O–H groups in total. The first-order valence-corrected chi connectivity index (χ1v) is 8.05. The van der Waals surface area contributed by atoms with Crippen molar-refractivity contribution in [3.05, 3.63) is 50.1 Å². The fraction of sp³-hybridized carbons (Fsp3) is 0.154. The van der Waals surface area contributed by atoms with Crippen LogP contribution in [0, 0.1) is 4.77 Å². The predicted molar refractivity (Wildman–Crippen MR) is 86.4 cm³/mol. The molecule has 0 aliphatic carbocycles. The van der Waals surface area contributed by atoms with Crippen LogP contribution < -0.4 is 0 Å². The summed E-state index contributed by atoms with van der Waals surface area (Å²) in [6.07, 6.45) is 4.45. The molecule has 0 amide bonds. The van der Waals surface area contributed by atoms with E-state index in [4.69, 9.17) is 12.2 Å². The monoisotopic (exact) mass is 366 g/mol. The molecule has 0 aliphatic heterocycles. The summed E-state index contributed by atoms with van der Waals surface area (Å²) in [6, 6.07) is 8.06. The summed E-state index contributed by atoms with van der Waals surface area (Å²) in [5.41, 5.74) is 1.01. The maximum atomic E-state index is 5.32. The molecule has 20 heavy (non-hydrogen) atoms. The zero-order valence-electron chi connectivity index (χ0n) is 10.4. The Labute approximate surface area is 133 Å². The Morgan fingerprint density at radius 3 is 2.75 bits per heavy atom. The molecular formula is C13H11BrN4S2. The third kappa shape index (κ3) is 2.89. The van der Waals surface area contributed by atoms with Gasteiger partial charge < -0.3 is 0 Å². The normalized spacial score (nSPS) is 10.8. The average Bonchev–Trinajstić information content (AvgIpc) is 3.04. The van der Waals surface area contributed by atoms with Crippen molar-refractivity contribution in [3.8, 4) is 11.4 Å². The fourth-order valence-corrected chi connectivity index (χ4v) is 3.65. The first-order chi connectivity index (χ1) is 9.74. The highest BCUT2D eigenvalue weighted by molar-refractivity contribution is 9.11. The molecule has 0 fully saturated rings. The number of pyridine rings is 1. The quantitative estimate of drug-likeness (QED) is 0.707. The summed E-state index contributed by atoms with van der Waals surface area (Å²) in [7, 11) is 0. The summed E-state index contributed by atoms with van der Waals surface area (Å²) in [4.78, 5) is 5.35. The van der Waals surface area contributed by atoms with Crippen molar-refractivity contribution in [2.75, 3.05) is 0 Å². The number of nitrogens with zero attached hydrogens (tertiary/aromatic N) is 3. The Morgan fingerprint density at radius 1 is 1.25 bits per heavy atom. The van der Waals surface area contributed by atoms with E-state index in [-0.39, 0.29) is 0 Å². The van der Waals surface area contributed by atoms with Crippen LogP contribution in [0.4, 0.5) is 0 Å². The highest BCUT2D eigenvalue weighted by Gasteiger charge is 2.09.